The number of cyclic esters (lactones) is 1. The largest absolute Gasteiger partial charge is 0.457 e. The van der Waals surface area contributed by atoms with Crippen molar-refractivity contribution in [3.05, 3.63) is 77.9 Å². The Bertz CT molecular complexity index is 2830. The number of epoxide rings is 1. The van der Waals surface area contributed by atoms with E-state index in [2.05, 4.69) is 16.0 Å². The van der Waals surface area contributed by atoms with Crippen LogP contribution in [0.15, 0.2) is 72.4 Å². The van der Waals surface area contributed by atoms with Gasteiger partial charge in [-0.1, -0.05) is 77.5 Å². The van der Waals surface area contributed by atoms with E-state index in [1.54, 1.807) is 96.2 Å². The second kappa shape index (κ2) is 36.8. The zero-order valence-corrected chi connectivity index (χ0v) is 55.0. The molecule has 0 spiro atoms. The van der Waals surface area contributed by atoms with Gasteiger partial charge in [0.2, 0.25) is 23.6 Å². The Morgan fingerprint density at radius 1 is 0.871 bits per heavy atom. The molecular weight excluding hydrogens is 1210 g/mol. The number of hydrogen-bond acceptors (Lipinski definition) is 20. The second-order valence-electron chi connectivity index (χ2n) is 25.0. The Morgan fingerprint density at radius 3 is 2.14 bits per heavy atom. The summed E-state index contributed by atoms with van der Waals surface area (Å²) < 4.78 is 40.2. The fourth-order valence-electron chi connectivity index (χ4n) is 10.9. The first-order valence-electron chi connectivity index (χ1n) is 32.0. The molecule has 2 fully saturated rings. The lowest BCUT2D eigenvalue weighted by molar-refractivity contribution is -0.168. The lowest BCUT2D eigenvalue weighted by atomic mass is 9.88. The van der Waals surface area contributed by atoms with Crippen molar-refractivity contribution < 1.29 is 96.4 Å². The van der Waals surface area contributed by atoms with E-state index in [0.29, 0.717) is 42.5 Å². The first-order valence-corrected chi connectivity index (χ1v) is 32.0. The number of aliphatic hydroxyl groups excluding tert-OH is 2. The molecule has 516 valence electrons. The van der Waals surface area contributed by atoms with Crippen LogP contribution in [0.2, 0.25) is 0 Å². The minimum Gasteiger partial charge on any atom is -0.457 e. The van der Waals surface area contributed by atoms with Crippen molar-refractivity contribution in [1.82, 2.24) is 25.3 Å². The maximum absolute atomic E-state index is 14.0. The molecular formula is C66H97N7O20. The number of hydrogen-bond donors (Lipinski definition) is 7. The van der Waals surface area contributed by atoms with Crippen molar-refractivity contribution in [2.75, 3.05) is 64.5 Å². The van der Waals surface area contributed by atoms with Gasteiger partial charge in [0.05, 0.1) is 69.4 Å². The molecule has 8 amide bonds. The third-order valence-electron chi connectivity index (χ3n) is 16.6. The molecule has 12 atom stereocenters. The molecule has 0 unspecified atom stereocenters. The third-order valence-corrected chi connectivity index (χ3v) is 16.6. The van der Waals surface area contributed by atoms with E-state index < -0.39 is 113 Å². The van der Waals surface area contributed by atoms with Crippen LogP contribution in [0, 0.1) is 17.8 Å². The van der Waals surface area contributed by atoms with Gasteiger partial charge in [0.25, 0.3) is 11.8 Å². The quantitative estimate of drug-likeness (QED) is 0.0101. The summed E-state index contributed by atoms with van der Waals surface area (Å²) in [7, 11) is 0. The molecule has 0 aliphatic carbocycles. The van der Waals surface area contributed by atoms with E-state index in [-0.39, 0.29) is 128 Å². The first-order chi connectivity index (χ1) is 44.0. The molecule has 4 aliphatic rings. The summed E-state index contributed by atoms with van der Waals surface area (Å²) in [5.41, 5.74) is 4.11. The van der Waals surface area contributed by atoms with Gasteiger partial charge in [-0.25, -0.2) is 9.59 Å². The Morgan fingerprint density at radius 2 is 1.52 bits per heavy atom. The summed E-state index contributed by atoms with van der Waals surface area (Å²) in [5, 5.41) is 40.8. The molecule has 2 saturated heterocycles. The summed E-state index contributed by atoms with van der Waals surface area (Å²) >= 11 is 0. The van der Waals surface area contributed by atoms with E-state index in [1.807, 2.05) is 13.8 Å². The molecule has 1 aromatic carbocycles. The normalized spacial score (nSPS) is 24.3. The predicted molar refractivity (Wildman–Crippen MR) is 338 cm³/mol. The highest BCUT2D eigenvalue weighted by Gasteiger charge is 2.47. The van der Waals surface area contributed by atoms with Crippen LogP contribution >= 0.6 is 0 Å². The lowest BCUT2D eigenvalue weighted by Crippen LogP contribution is -2.54. The molecule has 27 heteroatoms. The minimum atomic E-state index is -1.50. The molecule has 0 radical (unpaired) electrons. The van der Waals surface area contributed by atoms with Crippen molar-refractivity contribution in [3.8, 4) is 0 Å². The summed E-state index contributed by atoms with van der Waals surface area (Å²) in [4.78, 5) is 132. The maximum Gasteiger partial charge on any atom is 0.410 e. The Labute approximate surface area is 544 Å². The Balaban J connectivity index is 1.12. The van der Waals surface area contributed by atoms with E-state index in [4.69, 9.17) is 38.9 Å². The predicted octanol–water partition coefficient (Wildman–Crippen LogP) is 4.19. The molecule has 4 heterocycles. The van der Waals surface area contributed by atoms with Crippen LogP contribution in [-0.2, 0) is 78.1 Å². The number of allylic oxidation sites excluding steroid dienone is 2. The van der Waals surface area contributed by atoms with E-state index >= 15 is 0 Å². The molecule has 0 saturated carbocycles. The van der Waals surface area contributed by atoms with Gasteiger partial charge in [-0.05, 0) is 88.1 Å². The van der Waals surface area contributed by atoms with Crippen molar-refractivity contribution in [3.63, 3.8) is 0 Å². The number of benzene rings is 1. The zero-order valence-electron chi connectivity index (χ0n) is 55.0. The highest BCUT2D eigenvalue weighted by atomic mass is 16.6. The number of rotatable bonds is 32. The number of nitrogens with two attached hydrogens (primary N) is 1. The van der Waals surface area contributed by atoms with Gasteiger partial charge in [0.15, 0.2) is 6.10 Å². The van der Waals surface area contributed by atoms with Crippen LogP contribution < -0.4 is 21.7 Å². The zero-order chi connectivity index (χ0) is 68.6. The molecule has 5 rings (SSSR count). The Hall–Kier alpha value is -7.56. The van der Waals surface area contributed by atoms with Crippen LogP contribution in [0.4, 0.5) is 15.3 Å². The van der Waals surface area contributed by atoms with Gasteiger partial charge in [-0.15, -0.1) is 0 Å². The maximum atomic E-state index is 14.0. The van der Waals surface area contributed by atoms with Crippen molar-refractivity contribution >= 4 is 65.3 Å². The summed E-state index contributed by atoms with van der Waals surface area (Å²) in [5.74, 6) is -5.31. The number of piperazine rings is 1. The first kappa shape index (κ1) is 76.2. The fourth-order valence-corrected chi connectivity index (χ4v) is 10.9. The average molecular weight is 1310 g/mol. The third kappa shape index (κ3) is 25.4. The molecule has 8 N–H and O–H groups in total. The van der Waals surface area contributed by atoms with Crippen molar-refractivity contribution in [2.45, 2.75) is 193 Å². The van der Waals surface area contributed by atoms with E-state index in [0.717, 1.165) is 4.90 Å². The van der Waals surface area contributed by atoms with Crippen LogP contribution in [0.1, 0.15) is 132 Å². The summed E-state index contributed by atoms with van der Waals surface area (Å²) in [6.45, 7) is 15.9. The standard InChI is InChI=1S/C66H97N7O20/c1-10-50(76)44(6)60-51(90-60)39-65(8,86)27-13-14-42(4)59-43(5)17-22-52(66(9,93-45(7)74)28-25-48(75)38-57(81)92-59)91-64(85)72-31-29-71(30-32-72)63(84)89-40-46-18-20-47(21-19-46)68-61(82)49(15-11-12-16-53(67)77)69-62(83)58(41(2)3)70-54(78)26-34-87-36-37-88-35-33-73-55(79)23-24-56(73)80/h13-14,17-24,27,41,43-44,48-52,58-60,75-76,86H,10-12,15-16,25-26,28-40H2,1-9H3,(H2,67,77)(H,68,82)(H,69,83)(H,70,78)/b22-17+,27-13+,42-14+/t43-,44+,48+,49-,50-,51+,52-,58-,59+,60+,65-,66+/m0/s1. The van der Waals surface area contributed by atoms with Crippen molar-refractivity contribution in [1.29, 1.82) is 0 Å². The highest BCUT2D eigenvalue weighted by Crippen LogP contribution is 2.38. The number of aliphatic hydroxyl groups is 3. The van der Waals surface area contributed by atoms with Gasteiger partial charge >= 0.3 is 24.1 Å². The number of anilines is 1. The molecule has 1 aromatic rings. The number of ether oxygens (including phenoxy) is 7. The number of imide groups is 1. The summed E-state index contributed by atoms with van der Waals surface area (Å²) in [6, 6.07) is 4.36. The van der Waals surface area contributed by atoms with Gasteiger partial charge in [0, 0.05) is 82.0 Å². The molecule has 93 heavy (non-hydrogen) atoms. The van der Waals surface area contributed by atoms with Gasteiger partial charge in [-0.2, -0.15) is 0 Å². The summed E-state index contributed by atoms with van der Waals surface area (Å²) in [6.07, 6.45) is 6.43. The number of nitrogens with one attached hydrogen (secondary N) is 3. The minimum absolute atomic E-state index is 0.00632. The van der Waals surface area contributed by atoms with Gasteiger partial charge < -0.3 is 80.0 Å². The van der Waals surface area contributed by atoms with Crippen LogP contribution in [0.5, 0.6) is 0 Å². The number of carbonyl (C=O) groups excluding carboxylic acids is 10. The van der Waals surface area contributed by atoms with Crippen LogP contribution in [-0.4, -0.2) is 209 Å². The van der Waals surface area contributed by atoms with Crippen LogP contribution in [0.25, 0.3) is 0 Å². The second-order valence-corrected chi connectivity index (χ2v) is 25.0. The van der Waals surface area contributed by atoms with E-state index in [9.17, 15) is 63.3 Å². The number of nitrogens with zero attached hydrogens (tertiary/aromatic N) is 3. The molecule has 4 aliphatic heterocycles. The lowest BCUT2D eigenvalue weighted by Gasteiger charge is -2.38. The smallest absolute Gasteiger partial charge is 0.410 e. The number of amides is 8. The monoisotopic (exact) mass is 1310 g/mol. The molecule has 0 aromatic heterocycles. The number of esters is 2. The van der Waals surface area contributed by atoms with Crippen LogP contribution in [0.3, 0.4) is 0 Å². The van der Waals surface area contributed by atoms with Crippen molar-refractivity contribution in [2.24, 2.45) is 23.5 Å². The molecule has 0 bridgehead atoms. The fraction of sp³-hybridized carbons (Fsp3) is 0.636. The number of unbranched alkanes of at least 4 members (excludes halogenated alkanes) is 1. The average Bonchev–Trinajstić information content (AvgIpc) is 1.74. The topological polar surface area (TPSA) is 371 Å². The Kier molecular flexibility index (Phi) is 30.1. The SMILES string of the molecule is CC[C@H](O)[C@@H](C)[C@H]1O[C@@H]1C[C@@](C)(O)/C=C/C=C(\C)[C@H]1OC(=O)C[C@H](O)CC[C@@](C)(OC(C)=O)[C@@H](OC(=O)N2CCN(C(=O)OCc3ccc(NC(=O)[C@H](CCCCC(N)=O)NC(=O)[C@@H](NC(=O)CCOCCOCCN4C(=O)C=CC4=O)C(C)C)cc3)CC2)/C=C/[C@@H]1C. The number of primary amides is 1. The van der Waals surface area contributed by atoms with E-state index in [1.165, 1.54) is 28.9 Å². The van der Waals surface area contributed by atoms with Gasteiger partial charge in [-0.3, -0.25) is 43.3 Å². The highest BCUT2D eigenvalue weighted by molar-refractivity contribution is 6.12. The van der Waals surface area contributed by atoms with Gasteiger partial charge in [0.1, 0.15) is 30.4 Å². The molecule has 27 nitrogen and oxygen atoms in total. The number of carbonyl (C=O) groups is 10.